The Hall–Kier alpha value is -1.46. The van der Waals surface area contributed by atoms with E-state index in [0.29, 0.717) is 19.0 Å². The van der Waals surface area contributed by atoms with E-state index in [0.717, 1.165) is 15.7 Å². The van der Waals surface area contributed by atoms with Crippen molar-refractivity contribution in [2.75, 3.05) is 0 Å². The highest BCUT2D eigenvalue weighted by Crippen LogP contribution is 2.14. The van der Waals surface area contributed by atoms with Gasteiger partial charge in [-0.15, -0.1) is 5.10 Å². The molecule has 0 bridgehead atoms. The first-order valence-corrected chi connectivity index (χ1v) is 7.66. The number of benzene rings is 1. The van der Waals surface area contributed by atoms with E-state index in [1.807, 2.05) is 36.4 Å². The van der Waals surface area contributed by atoms with E-state index in [1.165, 1.54) is 0 Å². The second kappa shape index (κ2) is 7.00. The molecule has 1 aromatic heterocycles. The number of aromatic nitrogens is 2. The molecule has 2 rings (SSSR count). The molecule has 0 saturated carbocycles. The van der Waals surface area contributed by atoms with Crippen LogP contribution in [0.15, 0.2) is 40.9 Å². The van der Waals surface area contributed by atoms with Crippen LogP contribution in [0.4, 0.5) is 0 Å². The summed E-state index contributed by atoms with van der Waals surface area (Å²) in [5.41, 5.74) is 2.06. The van der Waals surface area contributed by atoms with Crippen LogP contribution in [-0.2, 0) is 13.2 Å². The Morgan fingerprint density at radius 1 is 1.14 bits per heavy atom. The first kappa shape index (κ1) is 15.9. The van der Waals surface area contributed by atoms with Crippen LogP contribution in [0, 0.1) is 0 Å². The van der Waals surface area contributed by atoms with Gasteiger partial charge in [-0.25, -0.2) is 0 Å². The van der Waals surface area contributed by atoms with Gasteiger partial charge in [-0.3, -0.25) is 0 Å². The van der Waals surface area contributed by atoms with Crippen LogP contribution in [0.2, 0.25) is 0 Å². The topological polar surface area (TPSA) is 47.0 Å². The molecule has 4 nitrogen and oxygen atoms in total. The summed E-state index contributed by atoms with van der Waals surface area (Å²) < 4.78 is 6.67. The molecule has 0 radical (unpaired) electrons. The molecule has 1 aromatic carbocycles. The quantitative estimate of drug-likeness (QED) is 0.893. The Labute approximate surface area is 134 Å². The third-order valence-corrected chi connectivity index (χ3v) is 3.26. The molecule has 5 heteroatoms. The van der Waals surface area contributed by atoms with Gasteiger partial charge in [0.15, 0.2) is 0 Å². The molecular formula is C16H20BrN3O. The predicted octanol–water partition coefficient (Wildman–Crippen LogP) is 3.71. The number of hydrogen-bond donors (Lipinski definition) is 1. The van der Waals surface area contributed by atoms with E-state index in [9.17, 15) is 0 Å². The fourth-order valence-electron chi connectivity index (χ4n) is 1.66. The average Bonchev–Trinajstić information content (AvgIpc) is 2.43. The molecule has 112 valence electrons. The first-order chi connectivity index (χ1) is 9.92. The van der Waals surface area contributed by atoms with Crippen LogP contribution in [-0.4, -0.2) is 15.7 Å². The lowest BCUT2D eigenvalue weighted by Crippen LogP contribution is -2.35. The van der Waals surface area contributed by atoms with Gasteiger partial charge >= 0.3 is 0 Å². The van der Waals surface area contributed by atoms with Gasteiger partial charge < -0.3 is 10.1 Å². The van der Waals surface area contributed by atoms with E-state index < -0.39 is 0 Å². The highest BCUT2D eigenvalue weighted by atomic mass is 79.9. The molecule has 2 aromatic rings. The lowest BCUT2D eigenvalue weighted by atomic mass is 10.1. The largest absolute Gasteiger partial charge is 0.472 e. The van der Waals surface area contributed by atoms with Crippen molar-refractivity contribution in [3.8, 4) is 5.88 Å². The summed E-state index contributed by atoms with van der Waals surface area (Å²) in [5, 5.41) is 11.6. The Balaban J connectivity index is 1.87. The molecule has 0 aliphatic heterocycles. The van der Waals surface area contributed by atoms with E-state index in [-0.39, 0.29) is 5.54 Å². The second-order valence-corrected chi connectivity index (χ2v) is 6.80. The molecule has 0 unspecified atom stereocenters. The van der Waals surface area contributed by atoms with Gasteiger partial charge in [0.2, 0.25) is 5.88 Å². The zero-order valence-corrected chi connectivity index (χ0v) is 14.1. The number of ether oxygens (including phenoxy) is 1. The summed E-state index contributed by atoms with van der Waals surface area (Å²) in [6.45, 7) is 7.54. The van der Waals surface area contributed by atoms with Gasteiger partial charge in [0, 0.05) is 22.6 Å². The SMILES string of the molecule is CC(C)(C)NCc1ccc(OCc2cccc(Br)c2)nn1. The molecule has 21 heavy (non-hydrogen) atoms. The van der Waals surface area contributed by atoms with Crippen molar-refractivity contribution < 1.29 is 4.74 Å². The Kier molecular flexibility index (Phi) is 5.31. The minimum absolute atomic E-state index is 0.0670. The monoisotopic (exact) mass is 349 g/mol. The summed E-state index contributed by atoms with van der Waals surface area (Å²) in [6.07, 6.45) is 0. The molecule has 1 N–H and O–H groups in total. The molecule has 0 saturated heterocycles. The molecule has 0 atom stereocenters. The lowest BCUT2D eigenvalue weighted by Gasteiger charge is -2.19. The molecule has 0 fully saturated rings. The highest BCUT2D eigenvalue weighted by molar-refractivity contribution is 9.10. The van der Waals surface area contributed by atoms with Gasteiger partial charge in [-0.05, 0) is 44.5 Å². The summed E-state index contributed by atoms with van der Waals surface area (Å²) in [7, 11) is 0. The summed E-state index contributed by atoms with van der Waals surface area (Å²) in [4.78, 5) is 0. The van der Waals surface area contributed by atoms with Crippen LogP contribution in [0.25, 0.3) is 0 Å². The number of nitrogens with zero attached hydrogens (tertiary/aromatic N) is 2. The second-order valence-electron chi connectivity index (χ2n) is 5.89. The van der Waals surface area contributed by atoms with Crippen molar-refractivity contribution in [3.05, 3.63) is 52.1 Å². The normalized spacial score (nSPS) is 11.4. The highest BCUT2D eigenvalue weighted by Gasteiger charge is 2.09. The Morgan fingerprint density at radius 2 is 1.95 bits per heavy atom. The summed E-state index contributed by atoms with van der Waals surface area (Å²) >= 11 is 3.44. The Bertz CT molecular complexity index is 579. The van der Waals surface area contributed by atoms with Gasteiger partial charge in [-0.1, -0.05) is 28.1 Å². The first-order valence-electron chi connectivity index (χ1n) is 6.87. The molecule has 1 heterocycles. The van der Waals surface area contributed by atoms with Crippen LogP contribution < -0.4 is 10.1 Å². The van der Waals surface area contributed by atoms with E-state index in [1.54, 1.807) is 0 Å². The summed E-state index contributed by atoms with van der Waals surface area (Å²) in [5.74, 6) is 0.537. The smallest absolute Gasteiger partial charge is 0.233 e. The van der Waals surface area contributed by atoms with Crippen molar-refractivity contribution in [2.24, 2.45) is 0 Å². The number of nitrogens with one attached hydrogen (secondary N) is 1. The van der Waals surface area contributed by atoms with Crippen molar-refractivity contribution in [3.63, 3.8) is 0 Å². The van der Waals surface area contributed by atoms with Crippen LogP contribution in [0.3, 0.4) is 0 Å². The minimum Gasteiger partial charge on any atom is -0.472 e. The van der Waals surface area contributed by atoms with Gasteiger partial charge in [-0.2, -0.15) is 5.10 Å². The standard InChI is InChI=1S/C16H20BrN3O/c1-16(2,3)18-10-14-7-8-15(20-19-14)21-11-12-5-4-6-13(17)9-12/h4-9,18H,10-11H2,1-3H3. The number of hydrogen-bond acceptors (Lipinski definition) is 4. The van der Waals surface area contributed by atoms with Gasteiger partial charge in [0.1, 0.15) is 6.61 Å². The third-order valence-electron chi connectivity index (χ3n) is 2.77. The minimum atomic E-state index is 0.0670. The number of rotatable bonds is 5. The molecule has 0 amide bonds. The van der Waals surface area contributed by atoms with E-state index in [4.69, 9.17) is 4.74 Å². The van der Waals surface area contributed by atoms with Crippen LogP contribution >= 0.6 is 15.9 Å². The maximum atomic E-state index is 5.63. The van der Waals surface area contributed by atoms with Crippen molar-refractivity contribution >= 4 is 15.9 Å². The van der Waals surface area contributed by atoms with Crippen molar-refractivity contribution in [2.45, 2.75) is 39.5 Å². The van der Waals surface area contributed by atoms with E-state index >= 15 is 0 Å². The fraction of sp³-hybridized carbons (Fsp3) is 0.375. The van der Waals surface area contributed by atoms with Gasteiger partial charge in [0.05, 0.1) is 5.69 Å². The summed E-state index contributed by atoms with van der Waals surface area (Å²) in [6, 6.07) is 11.8. The van der Waals surface area contributed by atoms with Crippen LogP contribution in [0.5, 0.6) is 5.88 Å². The average molecular weight is 350 g/mol. The molecule has 0 spiro atoms. The lowest BCUT2D eigenvalue weighted by molar-refractivity contribution is 0.289. The molecular weight excluding hydrogens is 330 g/mol. The number of halogens is 1. The van der Waals surface area contributed by atoms with Crippen LogP contribution in [0.1, 0.15) is 32.0 Å². The van der Waals surface area contributed by atoms with Gasteiger partial charge in [0.25, 0.3) is 0 Å². The van der Waals surface area contributed by atoms with Crippen molar-refractivity contribution in [1.29, 1.82) is 0 Å². The maximum Gasteiger partial charge on any atom is 0.233 e. The Morgan fingerprint density at radius 3 is 2.57 bits per heavy atom. The zero-order chi connectivity index (χ0) is 15.3. The maximum absolute atomic E-state index is 5.63. The fourth-order valence-corrected chi connectivity index (χ4v) is 2.11. The third kappa shape index (κ3) is 5.81. The van der Waals surface area contributed by atoms with Crippen molar-refractivity contribution in [1.82, 2.24) is 15.5 Å². The molecule has 0 aliphatic carbocycles. The van der Waals surface area contributed by atoms with E-state index in [2.05, 4.69) is 52.2 Å². The predicted molar refractivity (Wildman–Crippen MR) is 87.1 cm³/mol. The zero-order valence-electron chi connectivity index (χ0n) is 12.6. The molecule has 0 aliphatic rings.